The van der Waals surface area contributed by atoms with Crippen LogP contribution in [0.2, 0.25) is 0 Å². The van der Waals surface area contributed by atoms with Crippen LogP contribution in [-0.4, -0.2) is 9.55 Å². The maximum Gasteiger partial charge on any atom is 0.227 e. The fourth-order valence-electron chi connectivity index (χ4n) is 8.75. The van der Waals surface area contributed by atoms with Gasteiger partial charge in [-0.05, 0) is 101 Å². The number of aromatic nitrogens is 2. The number of anilines is 3. The highest BCUT2D eigenvalue weighted by atomic mass is 32.1. The van der Waals surface area contributed by atoms with E-state index in [1.54, 1.807) is 0 Å². The van der Waals surface area contributed by atoms with Crippen LogP contribution in [0.15, 0.2) is 205 Å². The quantitative estimate of drug-likeness (QED) is 0.169. The normalized spacial score (nSPS) is 11.8. The molecule has 0 fully saturated rings. The number of hydrogen-bond acceptors (Lipinski definition) is 4. The van der Waals surface area contributed by atoms with Gasteiger partial charge in [0.2, 0.25) is 5.89 Å². The lowest BCUT2D eigenvalue weighted by molar-refractivity contribution is 0.620. The number of nitrogens with zero attached hydrogens (tertiary/aromatic N) is 3. The minimum absolute atomic E-state index is 0.628. The van der Waals surface area contributed by atoms with Gasteiger partial charge in [-0.15, -0.1) is 11.3 Å². The lowest BCUT2D eigenvalue weighted by atomic mass is 9.97. The molecule has 0 N–H and O–H groups in total. The smallest absolute Gasteiger partial charge is 0.227 e. The maximum atomic E-state index is 6.43. The lowest BCUT2D eigenvalue weighted by Gasteiger charge is -2.26. The summed E-state index contributed by atoms with van der Waals surface area (Å²) >= 11 is 1.85. The van der Waals surface area contributed by atoms with Crippen molar-refractivity contribution in [1.82, 2.24) is 9.55 Å². The molecule has 0 saturated carbocycles. The molecule has 3 heterocycles. The highest BCUT2D eigenvalue weighted by Gasteiger charge is 2.20. The number of rotatable bonds is 6. The number of hydrogen-bond donors (Lipinski definition) is 0. The van der Waals surface area contributed by atoms with Crippen LogP contribution < -0.4 is 4.90 Å². The summed E-state index contributed by atoms with van der Waals surface area (Å²) in [5.74, 6) is 0.628. The topological polar surface area (TPSA) is 34.2 Å². The van der Waals surface area contributed by atoms with Gasteiger partial charge in [-0.25, -0.2) is 4.98 Å². The van der Waals surface area contributed by atoms with E-state index < -0.39 is 0 Å². The number of fused-ring (bicyclic) bond motifs is 9. The first-order valence-corrected chi connectivity index (χ1v) is 20.4. The number of oxazole rings is 1. The lowest BCUT2D eigenvalue weighted by Crippen LogP contribution is -2.09. The summed E-state index contributed by atoms with van der Waals surface area (Å²) < 4.78 is 11.4. The SMILES string of the molecule is c1ccc(-c2nc3c(cc(-c4ccc(N(c5ccc6c(c5)sc5ccccc56)c5ccc6c(c5)c5ccccc5n6-c5ccccc5)cc4)c4ccccc43)o2)cc1. The van der Waals surface area contributed by atoms with Crippen molar-refractivity contribution in [3.8, 4) is 28.3 Å². The first-order valence-electron chi connectivity index (χ1n) is 19.5. The molecule has 3 aromatic heterocycles. The van der Waals surface area contributed by atoms with Gasteiger partial charge in [-0.2, -0.15) is 0 Å². The Morgan fingerprint density at radius 2 is 1.05 bits per heavy atom. The van der Waals surface area contributed by atoms with E-state index in [1.807, 2.05) is 41.7 Å². The maximum absolute atomic E-state index is 6.43. The average molecular weight is 760 g/mol. The molecule has 58 heavy (non-hydrogen) atoms. The van der Waals surface area contributed by atoms with Gasteiger partial charge in [-0.3, -0.25) is 0 Å². The zero-order chi connectivity index (χ0) is 38.2. The van der Waals surface area contributed by atoms with Crippen LogP contribution in [0.3, 0.4) is 0 Å². The molecular formula is C53H33N3OS. The first-order chi connectivity index (χ1) is 28.7. The summed E-state index contributed by atoms with van der Waals surface area (Å²) in [6.07, 6.45) is 0. The van der Waals surface area contributed by atoms with Gasteiger partial charge in [0.15, 0.2) is 5.58 Å². The molecule has 0 radical (unpaired) electrons. The van der Waals surface area contributed by atoms with Crippen molar-refractivity contribution in [2.75, 3.05) is 4.90 Å². The molecular weight excluding hydrogens is 727 g/mol. The van der Waals surface area contributed by atoms with E-state index in [2.05, 4.69) is 179 Å². The average Bonchev–Trinajstić information content (AvgIpc) is 3.99. The molecule has 0 amide bonds. The van der Waals surface area contributed by atoms with Gasteiger partial charge in [0, 0.05) is 64.6 Å². The largest absolute Gasteiger partial charge is 0.436 e. The summed E-state index contributed by atoms with van der Waals surface area (Å²) in [5.41, 5.74) is 11.6. The molecule has 4 nitrogen and oxygen atoms in total. The molecule has 0 aliphatic heterocycles. The number of para-hydroxylation sites is 2. The van der Waals surface area contributed by atoms with Gasteiger partial charge in [0.25, 0.3) is 0 Å². The summed E-state index contributed by atoms with van der Waals surface area (Å²) in [5, 5.41) is 7.24. The van der Waals surface area contributed by atoms with E-state index >= 15 is 0 Å². The van der Waals surface area contributed by atoms with Crippen LogP contribution in [0.5, 0.6) is 0 Å². The number of thiophene rings is 1. The second kappa shape index (κ2) is 13.1. The highest BCUT2D eigenvalue weighted by Crippen LogP contribution is 2.44. The molecule has 12 aromatic rings. The second-order valence-electron chi connectivity index (χ2n) is 14.8. The van der Waals surface area contributed by atoms with Gasteiger partial charge >= 0.3 is 0 Å². The molecule has 0 spiro atoms. The molecule has 0 bridgehead atoms. The Bertz CT molecular complexity index is 3510. The van der Waals surface area contributed by atoms with Crippen molar-refractivity contribution < 1.29 is 4.42 Å². The van der Waals surface area contributed by atoms with Crippen molar-refractivity contribution in [2.45, 2.75) is 0 Å². The van der Waals surface area contributed by atoms with E-state index in [-0.39, 0.29) is 0 Å². The highest BCUT2D eigenvalue weighted by molar-refractivity contribution is 7.25. The van der Waals surface area contributed by atoms with E-state index in [0.29, 0.717) is 5.89 Å². The third kappa shape index (κ3) is 5.18. The fourth-order valence-corrected chi connectivity index (χ4v) is 9.88. The number of benzene rings is 9. The summed E-state index contributed by atoms with van der Waals surface area (Å²) in [4.78, 5) is 7.37. The molecule has 5 heteroatoms. The monoisotopic (exact) mass is 759 g/mol. The molecule has 0 aliphatic rings. The van der Waals surface area contributed by atoms with Crippen LogP contribution in [0, 0.1) is 0 Å². The van der Waals surface area contributed by atoms with E-state index in [0.717, 1.165) is 61.3 Å². The Balaban J connectivity index is 1.03. The summed E-state index contributed by atoms with van der Waals surface area (Å²) in [7, 11) is 0. The van der Waals surface area contributed by atoms with Crippen LogP contribution in [0.4, 0.5) is 17.1 Å². The van der Waals surface area contributed by atoms with Crippen molar-refractivity contribution in [1.29, 1.82) is 0 Å². The van der Waals surface area contributed by atoms with Gasteiger partial charge in [-0.1, -0.05) is 115 Å². The van der Waals surface area contributed by atoms with E-state index in [9.17, 15) is 0 Å². The van der Waals surface area contributed by atoms with Gasteiger partial charge in [0.1, 0.15) is 5.52 Å². The Labute approximate surface area is 338 Å². The Hall–Kier alpha value is -7.47. The van der Waals surface area contributed by atoms with Crippen LogP contribution >= 0.6 is 11.3 Å². The first kappa shape index (κ1) is 32.7. The van der Waals surface area contributed by atoms with Crippen molar-refractivity contribution in [2.24, 2.45) is 0 Å². The zero-order valence-corrected chi connectivity index (χ0v) is 32.0. The standard InChI is InChI=1S/C53H33N3OS/c1-3-13-35(14-4-1)53-54-52-44-20-8-7-17-40(44)45(33-49(52)57-53)34-23-25-37(26-24-34)55(39-27-29-43-42-19-10-12-22-50(42)58-51(43)32-39)38-28-30-48-46(31-38)41-18-9-11-21-47(41)56(48)36-15-5-2-6-16-36/h1-33H. The summed E-state index contributed by atoms with van der Waals surface area (Å²) in [6, 6.07) is 71.6. The molecule has 9 aromatic carbocycles. The molecule has 0 unspecified atom stereocenters. The predicted molar refractivity (Wildman–Crippen MR) is 244 cm³/mol. The van der Waals surface area contributed by atoms with E-state index in [4.69, 9.17) is 9.40 Å². The van der Waals surface area contributed by atoms with Gasteiger partial charge in [0.05, 0.1) is 11.0 Å². The minimum Gasteiger partial charge on any atom is -0.436 e. The van der Waals surface area contributed by atoms with Crippen molar-refractivity contribution in [3.05, 3.63) is 200 Å². The third-order valence-corrected chi connectivity index (χ3v) is 12.5. The Kier molecular flexibility index (Phi) is 7.37. The van der Waals surface area contributed by atoms with Crippen LogP contribution in [-0.2, 0) is 0 Å². The van der Waals surface area contributed by atoms with Crippen molar-refractivity contribution in [3.63, 3.8) is 0 Å². The fraction of sp³-hybridized carbons (Fsp3) is 0. The molecule has 0 aliphatic carbocycles. The van der Waals surface area contributed by atoms with Crippen molar-refractivity contribution >= 4 is 92.2 Å². The predicted octanol–water partition coefficient (Wildman–Crippen LogP) is 15.2. The summed E-state index contributed by atoms with van der Waals surface area (Å²) in [6.45, 7) is 0. The van der Waals surface area contributed by atoms with Crippen LogP contribution in [0.25, 0.3) is 92.1 Å². The molecule has 12 rings (SSSR count). The van der Waals surface area contributed by atoms with Gasteiger partial charge < -0.3 is 13.9 Å². The minimum atomic E-state index is 0.628. The third-order valence-electron chi connectivity index (χ3n) is 11.4. The zero-order valence-electron chi connectivity index (χ0n) is 31.2. The Morgan fingerprint density at radius 3 is 1.88 bits per heavy atom. The molecule has 272 valence electrons. The van der Waals surface area contributed by atoms with E-state index in [1.165, 1.54) is 42.0 Å². The Morgan fingerprint density at radius 1 is 0.431 bits per heavy atom. The van der Waals surface area contributed by atoms with Crippen LogP contribution in [0.1, 0.15) is 0 Å². The molecule has 0 saturated heterocycles. The molecule has 0 atom stereocenters. The second-order valence-corrected chi connectivity index (χ2v) is 15.8.